The van der Waals surface area contributed by atoms with Gasteiger partial charge in [0.05, 0.1) is 0 Å². The lowest BCUT2D eigenvalue weighted by Crippen LogP contribution is -2.34. The van der Waals surface area contributed by atoms with E-state index in [-0.39, 0.29) is 24.5 Å². The van der Waals surface area contributed by atoms with Gasteiger partial charge in [0, 0.05) is 6.42 Å². The van der Waals surface area contributed by atoms with Crippen molar-refractivity contribution >= 4 is 12.0 Å². The molecule has 1 heterocycles. The molecule has 0 aliphatic carbocycles. The summed E-state index contributed by atoms with van der Waals surface area (Å²) in [4.78, 5) is 25.2. The van der Waals surface area contributed by atoms with Gasteiger partial charge in [-0.05, 0) is 18.9 Å². The molecule has 1 saturated heterocycles. The van der Waals surface area contributed by atoms with Crippen LogP contribution in [0, 0.1) is 0 Å². The van der Waals surface area contributed by atoms with Gasteiger partial charge in [0.15, 0.2) is 0 Å². The van der Waals surface area contributed by atoms with Gasteiger partial charge in [-0.25, -0.2) is 9.69 Å². The van der Waals surface area contributed by atoms with Crippen LogP contribution in [0.15, 0.2) is 43.0 Å². The van der Waals surface area contributed by atoms with E-state index in [4.69, 9.17) is 4.74 Å². The van der Waals surface area contributed by atoms with Gasteiger partial charge in [-0.15, -0.1) is 6.58 Å². The van der Waals surface area contributed by atoms with Gasteiger partial charge in [-0.2, -0.15) is 0 Å². The van der Waals surface area contributed by atoms with E-state index < -0.39 is 6.09 Å². The number of ether oxygens (including phenoxy) is 1. The molecule has 1 aromatic carbocycles. The lowest BCUT2D eigenvalue weighted by Gasteiger charge is -2.21. The molecule has 100 valence electrons. The van der Waals surface area contributed by atoms with Crippen molar-refractivity contribution in [3.8, 4) is 0 Å². The van der Waals surface area contributed by atoms with E-state index in [1.165, 1.54) is 4.90 Å². The van der Waals surface area contributed by atoms with Crippen molar-refractivity contribution in [2.24, 2.45) is 0 Å². The number of cyclic esters (lactones) is 1. The molecule has 1 aliphatic heterocycles. The molecule has 4 heteroatoms. The maximum Gasteiger partial charge on any atom is 0.417 e. The van der Waals surface area contributed by atoms with E-state index in [9.17, 15) is 9.59 Å². The highest BCUT2D eigenvalue weighted by Crippen LogP contribution is 2.33. The second kappa shape index (κ2) is 5.69. The molecular weight excluding hydrogens is 242 g/mol. The maximum atomic E-state index is 12.1. The van der Waals surface area contributed by atoms with Crippen molar-refractivity contribution in [2.75, 3.05) is 0 Å². The van der Waals surface area contributed by atoms with Gasteiger partial charge in [0.1, 0.15) is 12.1 Å². The number of hydrogen-bond donors (Lipinski definition) is 0. The molecule has 1 fully saturated rings. The Morgan fingerprint density at radius 1 is 1.42 bits per heavy atom. The summed E-state index contributed by atoms with van der Waals surface area (Å²) in [5.74, 6) is -0.219. The van der Waals surface area contributed by atoms with Crippen LogP contribution in [-0.2, 0) is 9.53 Å². The number of amides is 2. The second-order valence-corrected chi connectivity index (χ2v) is 4.54. The first-order valence-electron chi connectivity index (χ1n) is 6.33. The van der Waals surface area contributed by atoms with Gasteiger partial charge < -0.3 is 4.74 Å². The Kier molecular flexibility index (Phi) is 4.00. The number of rotatable bonds is 4. The van der Waals surface area contributed by atoms with Gasteiger partial charge in [-0.3, -0.25) is 4.79 Å². The van der Waals surface area contributed by atoms with Gasteiger partial charge >= 0.3 is 6.09 Å². The molecule has 1 aliphatic rings. The first-order chi connectivity index (χ1) is 9.15. The van der Waals surface area contributed by atoms with Gasteiger partial charge in [0.2, 0.25) is 5.91 Å². The van der Waals surface area contributed by atoms with E-state index in [2.05, 4.69) is 6.58 Å². The summed E-state index contributed by atoms with van der Waals surface area (Å²) in [5.41, 5.74) is 0.910. The molecule has 0 bridgehead atoms. The number of allylic oxidation sites excluding steroid dienone is 1. The summed E-state index contributed by atoms with van der Waals surface area (Å²) in [6.45, 7) is 5.39. The van der Waals surface area contributed by atoms with Crippen LogP contribution in [0.4, 0.5) is 4.79 Å². The van der Waals surface area contributed by atoms with Crippen LogP contribution < -0.4 is 0 Å². The van der Waals surface area contributed by atoms with E-state index in [0.29, 0.717) is 6.42 Å². The zero-order valence-electron chi connectivity index (χ0n) is 10.9. The molecule has 0 aromatic heterocycles. The number of hydrogen-bond acceptors (Lipinski definition) is 3. The first-order valence-corrected chi connectivity index (χ1v) is 6.33. The van der Waals surface area contributed by atoms with E-state index in [0.717, 1.165) is 5.56 Å². The minimum absolute atomic E-state index is 0.219. The predicted octanol–water partition coefficient (Wildman–Crippen LogP) is 3.06. The molecule has 0 saturated carbocycles. The van der Waals surface area contributed by atoms with Gasteiger partial charge in [0.25, 0.3) is 0 Å². The Bertz CT molecular complexity index is 483. The molecule has 0 spiro atoms. The lowest BCUT2D eigenvalue weighted by atomic mass is 10.0. The topological polar surface area (TPSA) is 46.6 Å². The Morgan fingerprint density at radius 2 is 2.11 bits per heavy atom. The van der Waals surface area contributed by atoms with Crippen LogP contribution in [0.1, 0.15) is 31.4 Å². The zero-order chi connectivity index (χ0) is 13.8. The van der Waals surface area contributed by atoms with Crippen LogP contribution in [0.2, 0.25) is 0 Å². The largest absolute Gasteiger partial charge is 0.443 e. The van der Waals surface area contributed by atoms with E-state index >= 15 is 0 Å². The maximum absolute atomic E-state index is 12.1. The number of carbonyl (C=O) groups is 2. The van der Waals surface area contributed by atoms with Crippen LogP contribution in [0.3, 0.4) is 0 Å². The average molecular weight is 259 g/mol. The number of imide groups is 1. The molecule has 2 amide bonds. The summed E-state index contributed by atoms with van der Waals surface area (Å²) in [6, 6.07) is 9.13. The fourth-order valence-corrected chi connectivity index (χ4v) is 2.28. The summed E-state index contributed by atoms with van der Waals surface area (Å²) in [7, 11) is 0. The average Bonchev–Trinajstić information content (AvgIpc) is 2.71. The number of nitrogens with zero attached hydrogens (tertiary/aromatic N) is 1. The molecule has 2 rings (SSSR count). The Labute approximate surface area is 112 Å². The minimum Gasteiger partial charge on any atom is -0.443 e. The predicted molar refractivity (Wildman–Crippen MR) is 71.4 cm³/mol. The third kappa shape index (κ3) is 2.67. The Balaban J connectivity index is 2.26. The monoisotopic (exact) mass is 259 g/mol. The third-order valence-corrected chi connectivity index (χ3v) is 3.18. The van der Waals surface area contributed by atoms with Crippen molar-refractivity contribution < 1.29 is 14.3 Å². The molecule has 1 unspecified atom stereocenters. The zero-order valence-corrected chi connectivity index (χ0v) is 10.9. The highest BCUT2D eigenvalue weighted by atomic mass is 16.6. The Hall–Kier alpha value is -2.10. The number of carbonyl (C=O) groups excluding carboxylic acids is 2. The van der Waals surface area contributed by atoms with Crippen molar-refractivity contribution in [1.29, 1.82) is 0 Å². The third-order valence-electron chi connectivity index (χ3n) is 3.18. The minimum atomic E-state index is -0.560. The molecule has 19 heavy (non-hydrogen) atoms. The summed E-state index contributed by atoms with van der Waals surface area (Å²) < 4.78 is 5.18. The van der Waals surface area contributed by atoms with Gasteiger partial charge in [-0.1, -0.05) is 36.4 Å². The van der Waals surface area contributed by atoms with E-state index in [1.807, 2.05) is 30.3 Å². The summed E-state index contributed by atoms with van der Waals surface area (Å²) >= 11 is 0. The molecule has 4 nitrogen and oxygen atoms in total. The SMILES string of the molecule is C=CCCC(=O)N1C(=O)OC(C)[C@H]1c1ccccc1. The molecule has 0 N–H and O–H groups in total. The van der Waals surface area contributed by atoms with Crippen LogP contribution in [0.25, 0.3) is 0 Å². The normalized spacial score (nSPS) is 22.2. The lowest BCUT2D eigenvalue weighted by molar-refractivity contribution is -0.129. The van der Waals surface area contributed by atoms with Crippen LogP contribution in [0.5, 0.6) is 0 Å². The van der Waals surface area contributed by atoms with Crippen LogP contribution >= 0.6 is 0 Å². The Morgan fingerprint density at radius 3 is 2.74 bits per heavy atom. The standard InChI is InChI=1S/C15H17NO3/c1-3-4-10-13(17)16-14(11(2)19-15(16)18)12-8-6-5-7-9-12/h3,5-9,11,14H,1,4,10H2,2H3/t11?,14-/m0/s1. The van der Waals surface area contributed by atoms with Crippen molar-refractivity contribution in [3.05, 3.63) is 48.6 Å². The highest BCUT2D eigenvalue weighted by molar-refractivity contribution is 5.94. The molecule has 0 radical (unpaired) electrons. The fraction of sp³-hybridized carbons (Fsp3) is 0.333. The first kappa shape index (κ1) is 13.3. The second-order valence-electron chi connectivity index (χ2n) is 4.54. The molecule has 1 aromatic rings. The van der Waals surface area contributed by atoms with Crippen molar-refractivity contribution in [3.63, 3.8) is 0 Å². The smallest absolute Gasteiger partial charge is 0.417 e. The molecule has 2 atom stereocenters. The van der Waals surface area contributed by atoms with Crippen LogP contribution in [-0.4, -0.2) is 23.0 Å². The highest BCUT2D eigenvalue weighted by Gasteiger charge is 2.43. The summed E-state index contributed by atoms with van der Waals surface area (Å²) in [5, 5.41) is 0. The van der Waals surface area contributed by atoms with Crippen molar-refractivity contribution in [1.82, 2.24) is 4.90 Å². The fourth-order valence-electron chi connectivity index (χ4n) is 2.28. The summed E-state index contributed by atoms with van der Waals surface area (Å²) in [6.07, 6.45) is 1.60. The number of benzene rings is 1. The van der Waals surface area contributed by atoms with E-state index in [1.54, 1.807) is 13.0 Å². The van der Waals surface area contributed by atoms with Crippen molar-refractivity contribution in [2.45, 2.75) is 31.9 Å². The molecular formula is C15H17NO3. The quantitative estimate of drug-likeness (QED) is 0.781.